The Kier molecular flexibility index (Phi) is 3.89. The number of hydrogen-bond donors (Lipinski definition) is 3. The lowest BCUT2D eigenvalue weighted by Gasteiger charge is -2.07. The smallest absolute Gasteiger partial charge is 0.259 e. The molecule has 1 amide bonds. The second kappa shape index (κ2) is 5.43. The van der Waals surface area contributed by atoms with Crippen LogP contribution < -0.4 is 5.32 Å². The number of benzene rings is 2. The molecule has 0 aromatic heterocycles. The molecule has 4 nitrogen and oxygen atoms in total. The highest BCUT2D eigenvalue weighted by atomic mass is 127. The highest BCUT2D eigenvalue weighted by molar-refractivity contribution is 14.1. The van der Waals surface area contributed by atoms with Crippen LogP contribution in [0.5, 0.6) is 11.5 Å². The van der Waals surface area contributed by atoms with Crippen molar-refractivity contribution in [3.05, 3.63) is 51.3 Å². The van der Waals surface area contributed by atoms with Gasteiger partial charge in [0.1, 0.15) is 5.75 Å². The van der Waals surface area contributed by atoms with Crippen molar-refractivity contribution in [3.63, 3.8) is 0 Å². The summed E-state index contributed by atoms with van der Waals surface area (Å²) in [6.07, 6.45) is 0. The van der Waals surface area contributed by atoms with Crippen LogP contribution >= 0.6 is 22.6 Å². The van der Waals surface area contributed by atoms with Gasteiger partial charge in [-0.1, -0.05) is 0 Å². The van der Waals surface area contributed by atoms with Crippen molar-refractivity contribution in [1.82, 2.24) is 0 Å². The summed E-state index contributed by atoms with van der Waals surface area (Å²) in [4.78, 5) is 11.9. The number of nitrogens with one attached hydrogen (secondary N) is 1. The fourth-order valence-corrected chi connectivity index (χ4v) is 1.96. The molecule has 3 N–H and O–H groups in total. The Labute approximate surface area is 122 Å². The third-order valence-electron chi connectivity index (χ3n) is 2.41. The summed E-state index contributed by atoms with van der Waals surface area (Å²) in [5.74, 6) is -2.03. The molecule has 6 heteroatoms. The average molecular weight is 373 g/mol. The molecule has 0 spiro atoms. The van der Waals surface area contributed by atoms with Crippen molar-refractivity contribution in [1.29, 1.82) is 0 Å². The molecule has 0 heterocycles. The number of phenols is 2. The van der Waals surface area contributed by atoms with Gasteiger partial charge in [-0.3, -0.25) is 4.79 Å². The van der Waals surface area contributed by atoms with Gasteiger partial charge in [-0.05, 0) is 52.9 Å². The molecule has 0 aliphatic heterocycles. The third kappa shape index (κ3) is 3.14. The van der Waals surface area contributed by atoms with E-state index in [4.69, 9.17) is 5.11 Å². The molecule has 0 aliphatic rings. The first-order chi connectivity index (χ1) is 8.97. The maximum atomic E-state index is 13.1. The summed E-state index contributed by atoms with van der Waals surface area (Å²) >= 11 is 2.01. The van der Waals surface area contributed by atoms with Gasteiger partial charge >= 0.3 is 0 Å². The first-order valence-electron chi connectivity index (χ1n) is 5.26. The zero-order valence-corrected chi connectivity index (χ0v) is 11.7. The first-order valence-corrected chi connectivity index (χ1v) is 6.33. The number of anilines is 1. The van der Waals surface area contributed by atoms with E-state index in [2.05, 4.69) is 5.32 Å². The average Bonchev–Trinajstić information content (AvgIpc) is 2.36. The van der Waals surface area contributed by atoms with E-state index in [0.717, 1.165) is 15.7 Å². The number of amides is 1. The summed E-state index contributed by atoms with van der Waals surface area (Å²) in [6, 6.07) is 8.09. The normalized spacial score (nSPS) is 10.2. The largest absolute Gasteiger partial charge is 0.507 e. The number of phenolic OH excluding ortho intramolecular Hbond substituents is 2. The Balaban J connectivity index is 2.25. The van der Waals surface area contributed by atoms with Gasteiger partial charge in [0.2, 0.25) is 0 Å². The van der Waals surface area contributed by atoms with Crippen LogP contribution in [0.15, 0.2) is 36.4 Å². The van der Waals surface area contributed by atoms with Crippen LogP contribution in [0.3, 0.4) is 0 Å². The lowest BCUT2D eigenvalue weighted by Crippen LogP contribution is -2.12. The molecule has 2 aromatic carbocycles. The molecule has 0 saturated carbocycles. The first kappa shape index (κ1) is 13.6. The van der Waals surface area contributed by atoms with Crippen LogP contribution in [0.2, 0.25) is 0 Å². The SMILES string of the molecule is O=C(Nc1ccc(O)c(F)c1)c1cc(I)ccc1O. The fraction of sp³-hybridized carbons (Fsp3) is 0. The van der Waals surface area contributed by atoms with Gasteiger partial charge < -0.3 is 15.5 Å². The van der Waals surface area contributed by atoms with Gasteiger partial charge in [0.25, 0.3) is 5.91 Å². The second-order valence-electron chi connectivity index (χ2n) is 3.78. The summed E-state index contributed by atoms with van der Waals surface area (Å²) in [5.41, 5.74) is 0.291. The van der Waals surface area contributed by atoms with E-state index in [-0.39, 0.29) is 17.0 Å². The summed E-state index contributed by atoms with van der Waals surface area (Å²) in [6.45, 7) is 0. The highest BCUT2D eigenvalue weighted by Crippen LogP contribution is 2.23. The Morgan fingerprint density at radius 3 is 2.47 bits per heavy atom. The molecular weight excluding hydrogens is 364 g/mol. The van der Waals surface area contributed by atoms with Crippen LogP contribution in [0.1, 0.15) is 10.4 Å². The molecule has 98 valence electrons. The molecule has 0 atom stereocenters. The molecule has 2 rings (SSSR count). The molecule has 19 heavy (non-hydrogen) atoms. The molecular formula is C13H9FINO3. The molecule has 0 saturated heterocycles. The van der Waals surface area contributed by atoms with Gasteiger partial charge in [-0.2, -0.15) is 0 Å². The van der Waals surface area contributed by atoms with Crippen molar-refractivity contribution in [3.8, 4) is 11.5 Å². The van der Waals surface area contributed by atoms with Crippen molar-refractivity contribution in [2.45, 2.75) is 0 Å². The molecule has 0 aliphatic carbocycles. The number of halogens is 2. The summed E-state index contributed by atoms with van der Waals surface area (Å²) in [5, 5.41) is 21.1. The van der Waals surface area contributed by atoms with Crippen LogP contribution in [0.4, 0.5) is 10.1 Å². The second-order valence-corrected chi connectivity index (χ2v) is 5.03. The third-order valence-corrected chi connectivity index (χ3v) is 3.08. The number of rotatable bonds is 2. The minimum absolute atomic E-state index is 0.0976. The molecule has 0 unspecified atom stereocenters. The van der Waals surface area contributed by atoms with E-state index in [1.54, 1.807) is 6.07 Å². The van der Waals surface area contributed by atoms with Gasteiger partial charge in [-0.25, -0.2) is 4.39 Å². The quantitative estimate of drug-likeness (QED) is 0.560. The van der Waals surface area contributed by atoms with E-state index in [0.29, 0.717) is 0 Å². The Hall–Kier alpha value is -1.83. The van der Waals surface area contributed by atoms with Crippen LogP contribution in [0.25, 0.3) is 0 Å². The standard InChI is InChI=1S/C13H9FINO3/c14-10-6-8(2-4-12(10)18)16-13(19)9-5-7(15)1-3-11(9)17/h1-6,17-18H,(H,16,19). The molecule has 0 radical (unpaired) electrons. The number of carbonyl (C=O) groups excluding carboxylic acids is 1. The van der Waals surface area contributed by atoms with Crippen molar-refractivity contribution >= 4 is 34.2 Å². The van der Waals surface area contributed by atoms with Crippen LogP contribution in [-0.4, -0.2) is 16.1 Å². The Morgan fingerprint density at radius 2 is 1.79 bits per heavy atom. The van der Waals surface area contributed by atoms with Crippen molar-refractivity contribution in [2.24, 2.45) is 0 Å². The monoisotopic (exact) mass is 373 g/mol. The van der Waals surface area contributed by atoms with E-state index >= 15 is 0 Å². The summed E-state index contributed by atoms with van der Waals surface area (Å²) < 4.78 is 13.9. The van der Waals surface area contributed by atoms with Gasteiger partial charge in [0, 0.05) is 15.3 Å². The predicted molar refractivity (Wildman–Crippen MR) is 76.8 cm³/mol. The number of carbonyl (C=O) groups is 1. The maximum absolute atomic E-state index is 13.1. The minimum Gasteiger partial charge on any atom is -0.507 e. The molecule has 2 aromatic rings. The lowest BCUT2D eigenvalue weighted by molar-refractivity contribution is 0.102. The van der Waals surface area contributed by atoms with Gasteiger partial charge in [0.05, 0.1) is 5.56 Å². The van der Waals surface area contributed by atoms with Gasteiger partial charge in [0.15, 0.2) is 11.6 Å². The summed E-state index contributed by atoms with van der Waals surface area (Å²) in [7, 11) is 0. The topological polar surface area (TPSA) is 69.6 Å². The van der Waals surface area contributed by atoms with E-state index < -0.39 is 17.5 Å². The fourth-order valence-electron chi connectivity index (χ4n) is 1.47. The minimum atomic E-state index is -0.829. The Bertz CT molecular complexity index is 646. The maximum Gasteiger partial charge on any atom is 0.259 e. The number of aromatic hydroxyl groups is 2. The van der Waals surface area contributed by atoms with E-state index in [1.165, 1.54) is 18.2 Å². The molecule has 0 fully saturated rings. The lowest BCUT2D eigenvalue weighted by atomic mass is 10.2. The van der Waals surface area contributed by atoms with E-state index in [9.17, 15) is 14.3 Å². The predicted octanol–water partition coefficient (Wildman–Crippen LogP) is 3.09. The highest BCUT2D eigenvalue weighted by Gasteiger charge is 2.12. The Morgan fingerprint density at radius 1 is 1.11 bits per heavy atom. The zero-order valence-electron chi connectivity index (χ0n) is 9.52. The van der Waals surface area contributed by atoms with Gasteiger partial charge in [-0.15, -0.1) is 0 Å². The zero-order chi connectivity index (χ0) is 14.0. The number of hydrogen-bond acceptors (Lipinski definition) is 3. The van der Waals surface area contributed by atoms with Crippen molar-refractivity contribution in [2.75, 3.05) is 5.32 Å². The van der Waals surface area contributed by atoms with Crippen molar-refractivity contribution < 1.29 is 19.4 Å². The van der Waals surface area contributed by atoms with E-state index in [1.807, 2.05) is 22.6 Å². The van der Waals surface area contributed by atoms with Crippen LogP contribution in [-0.2, 0) is 0 Å². The van der Waals surface area contributed by atoms with Crippen LogP contribution in [0, 0.1) is 9.39 Å². The molecule has 0 bridgehead atoms.